The summed E-state index contributed by atoms with van der Waals surface area (Å²) in [7, 11) is 0. The highest BCUT2D eigenvalue weighted by Gasteiger charge is 2.55. The molecule has 202 valence electrons. The molecule has 2 saturated carbocycles. The molecule has 2 aromatic carbocycles. The third-order valence-electron chi connectivity index (χ3n) is 7.75. The van der Waals surface area contributed by atoms with E-state index < -0.39 is 6.36 Å². The smallest absolute Gasteiger partial charge is 0.406 e. The summed E-state index contributed by atoms with van der Waals surface area (Å²) in [5, 5.41) is 5.98. The van der Waals surface area contributed by atoms with Crippen LogP contribution in [0.3, 0.4) is 0 Å². The molecule has 0 bridgehead atoms. The van der Waals surface area contributed by atoms with Gasteiger partial charge in [0.05, 0.1) is 0 Å². The number of ether oxygens (including phenoxy) is 1. The van der Waals surface area contributed by atoms with Crippen LogP contribution in [0.2, 0.25) is 0 Å². The Morgan fingerprint density at radius 3 is 2.24 bits per heavy atom. The molecule has 3 amide bonds. The van der Waals surface area contributed by atoms with Crippen molar-refractivity contribution >= 4 is 23.4 Å². The largest absolute Gasteiger partial charge is 0.573 e. The van der Waals surface area contributed by atoms with E-state index in [9.17, 15) is 27.6 Å². The van der Waals surface area contributed by atoms with Crippen LogP contribution in [0.25, 0.3) is 0 Å². The maximum atomic E-state index is 12.7. The van der Waals surface area contributed by atoms with E-state index in [-0.39, 0.29) is 47.3 Å². The third kappa shape index (κ3) is 6.46. The number of benzene rings is 2. The summed E-state index contributed by atoms with van der Waals surface area (Å²) in [6, 6.07) is 12.6. The number of rotatable bonds is 8. The van der Waals surface area contributed by atoms with E-state index in [1.54, 1.807) is 24.3 Å². The lowest BCUT2D eigenvalue weighted by Gasteiger charge is -2.33. The van der Waals surface area contributed by atoms with E-state index in [0.717, 1.165) is 37.7 Å². The molecule has 1 spiro atoms. The molecule has 0 aromatic heterocycles. The number of amides is 3. The molecule has 1 aliphatic heterocycles. The fourth-order valence-corrected chi connectivity index (χ4v) is 5.11. The minimum absolute atomic E-state index is 0.0190. The predicted molar refractivity (Wildman–Crippen MR) is 133 cm³/mol. The number of aryl methyl sites for hydroxylation is 1. The first-order valence-corrected chi connectivity index (χ1v) is 12.9. The molecule has 2 aromatic rings. The highest BCUT2D eigenvalue weighted by Crippen LogP contribution is 2.54. The molecular formula is C28H30F3N3O4. The number of nitrogens with one attached hydrogen (secondary N) is 2. The van der Waals surface area contributed by atoms with Crippen molar-refractivity contribution in [2.24, 2.45) is 11.3 Å². The van der Waals surface area contributed by atoms with Crippen LogP contribution >= 0.6 is 0 Å². The fourth-order valence-electron chi connectivity index (χ4n) is 5.11. The number of hydrogen-bond acceptors (Lipinski definition) is 4. The minimum Gasteiger partial charge on any atom is -0.406 e. The Labute approximate surface area is 218 Å². The number of likely N-dealkylation sites (tertiary alicyclic amines) is 1. The molecular weight excluding hydrogens is 499 g/mol. The van der Waals surface area contributed by atoms with Crippen molar-refractivity contribution in [2.45, 2.75) is 57.3 Å². The van der Waals surface area contributed by atoms with E-state index >= 15 is 0 Å². The summed E-state index contributed by atoms with van der Waals surface area (Å²) in [6.45, 7) is 1.25. The summed E-state index contributed by atoms with van der Waals surface area (Å²) in [5.41, 5.74) is 2.02. The number of carbonyl (C=O) groups is 3. The Kier molecular flexibility index (Phi) is 7.07. The molecule has 2 aliphatic carbocycles. The highest BCUT2D eigenvalue weighted by molar-refractivity contribution is 5.97. The number of alkyl halides is 3. The first-order chi connectivity index (χ1) is 18.1. The van der Waals surface area contributed by atoms with E-state index in [0.29, 0.717) is 30.8 Å². The van der Waals surface area contributed by atoms with Crippen molar-refractivity contribution in [3.8, 4) is 5.75 Å². The van der Waals surface area contributed by atoms with Crippen molar-refractivity contribution in [3.05, 3.63) is 59.7 Å². The number of carbonyl (C=O) groups excluding carboxylic acids is 3. The van der Waals surface area contributed by atoms with E-state index in [4.69, 9.17) is 0 Å². The quantitative estimate of drug-likeness (QED) is 0.520. The minimum atomic E-state index is -4.73. The molecule has 3 fully saturated rings. The molecule has 0 radical (unpaired) electrons. The summed E-state index contributed by atoms with van der Waals surface area (Å²) in [4.78, 5) is 39.1. The lowest BCUT2D eigenvalue weighted by molar-refractivity contribution is -0.274. The Hall–Kier alpha value is -3.56. The first-order valence-electron chi connectivity index (χ1n) is 12.9. The van der Waals surface area contributed by atoms with Crippen molar-refractivity contribution in [3.63, 3.8) is 0 Å². The lowest BCUT2D eigenvalue weighted by atomic mass is 9.92. The van der Waals surface area contributed by atoms with Crippen molar-refractivity contribution in [2.75, 3.05) is 18.4 Å². The molecule has 1 heterocycles. The van der Waals surface area contributed by atoms with Gasteiger partial charge < -0.3 is 20.3 Å². The van der Waals surface area contributed by atoms with Gasteiger partial charge in [-0.25, -0.2) is 0 Å². The van der Waals surface area contributed by atoms with Crippen LogP contribution in [0.5, 0.6) is 5.75 Å². The summed E-state index contributed by atoms with van der Waals surface area (Å²) < 4.78 is 40.7. The molecule has 1 saturated heterocycles. The zero-order valence-corrected chi connectivity index (χ0v) is 20.9. The Bertz CT molecular complexity index is 1190. The highest BCUT2D eigenvalue weighted by atomic mass is 19.4. The molecule has 7 nitrogen and oxygen atoms in total. The fraction of sp³-hybridized carbons (Fsp3) is 0.464. The van der Waals surface area contributed by atoms with E-state index in [1.807, 2.05) is 4.90 Å². The zero-order valence-electron chi connectivity index (χ0n) is 20.9. The molecule has 2 N–H and O–H groups in total. The summed E-state index contributed by atoms with van der Waals surface area (Å²) >= 11 is 0. The van der Waals surface area contributed by atoms with Crippen molar-refractivity contribution < 1.29 is 32.3 Å². The van der Waals surface area contributed by atoms with Gasteiger partial charge in [0.15, 0.2) is 0 Å². The average Bonchev–Trinajstić information content (AvgIpc) is 3.81. The van der Waals surface area contributed by atoms with Gasteiger partial charge in [0, 0.05) is 42.7 Å². The average molecular weight is 530 g/mol. The molecule has 1 unspecified atom stereocenters. The Morgan fingerprint density at radius 2 is 1.63 bits per heavy atom. The van der Waals surface area contributed by atoms with Gasteiger partial charge in [0.2, 0.25) is 11.8 Å². The van der Waals surface area contributed by atoms with Crippen molar-refractivity contribution in [1.29, 1.82) is 0 Å². The molecule has 3 aliphatic rings. The second kappa shape index (κ2) is 10.3. The Morgan fingerprint density at radius 1 is 0.974 bits per heavy atom. The first kappa shape index (κ1) is 26.1. The second-order valence-corrected chi connectivity index (χ2v) is 10.5. The van der Waals surface area contributed by atoms with Gasteiger partial charge in [-0.15, -0.1) is 13.2 Å². The van der Waals surface area contributed by atoms with Crippen LogP contribution in [-0.4, -0.2) is 48.1 Å². The van der Waals surface area contributed by atoms with Gasteiger partial charge in [-0.2, -0.15) is 0 Å². The molecule has 38 heavy (non-hydrogen) atoms. The normalized spacial score (nSPS) is 20.1. The molecule has 10 heteroatoms. The van der Waals surface area contributed by atoms with Gasteiger partial charge in [0.25, 0.3) is 5.91 Å². The van der Waals surface area contributed by atoms with Crippen LogP contribution in [0.1, 0.15) is 54.4 Å². The SMILES string of the molecule is O=C(NC1CC12CCN(C(=O)CCc1ccc(OC(F)(F)F)cc1)CC2)c1ccc(NC(=O)C2CC2)cc1. The van der Waals surface area contributed by atoms with E-state index in [1.165, 1.54) is 24.3 Å². The standard InChI is InChI=1S/C28H30F3N3O4/c29-28(30,31)38-22-10-1-18(2-11-22)3-12-24(35)34-15-13-27(14-16-34)17-23(27)33-26(37)20-6-8-21(9-7-20)32-25(36)19-4-5-19/h1-2,6-11,19,23H,3-5,12-17H2,(H,32,36)(H,33,37). The number of halogens is 3. The van der Waals surface area contributed by atoms with Crippen LogP contribution in [0.4, 0.5) is 18.9 Å². The monoisotopic (exact) mass is 529 g/mol. The number of anilines is 1. The molecule has 5 rings (SSSR count). The number of piperidine rings is 1. The van der Waals surface area contributed by atoms with E-state index in [2.05, 4.69) is 15.4 Å². The third-order valence-corrected chi connectivity index (χ3v) is 7.75. The maximum absolute atomic E-state index is 12.7. The van der Waals surface area contributed by atoms with Crippen LogP contribution in [0, 0.1) is 11.3 Å². The lowest BCUT2D eigenvalue weighted by Crippen LogP contribution is -2.41. The zero-order chi connectivity index (χ0) is 26.9. The maximum Gasteiger partial charge on any atom is 0.573 e. The van der Waals surface area contributed by atoms with Gasteiger partial charge in [0.1, 0.15) is 5.75 Å². The molecule has 1 atom stereocenters. The van der Waals surface area contributed by atoms with Crippen LogP contribution in [0.15, 0.2) is 48.5 Å². The summed E-state index contributed by atoms with van der Waals surface area (Å²) in [5.74, 6) is -0.258. The van der Waals surface area contributed by atoms with Crippen LogP contribution in [-0.2, 0) is 16.0 Å². The number of nitrogens with zero attached hydrogens (tertiary/aromatic N) is 1. The van der Waals surface area contributed by atoms with Gasteiger partial charge in [-0.3, -0.25) is 14.4 Å². The van der Waals surface area contributed by atoms with Crippen molar-refractivity contribution in [1.82, 2.24) is 10.2 Å². The van der Waals surface area contributed by atoms with Gasteiger partial charge in [-0.05, 0) is 85.9 Å². The summed E-state index contributed by atoms with van der Waals surface area (Å²) in [6.07, 6.45) is 0.387. The predicted octanol–water partition coefficient (Wildman–Crippen LogP) is 4.68. The van der Waals surface area contributed by atoms with Gasteiger partial charge in [-0.1, -0.05) is 12.1 Å². The van der Waals surface area contributed by atoms with Crippen LogP contribution < -0.4 is 15.4 Å². The number of hydrogen-bond donors (Lipinski definition) is 2. The topological polar surface area (TPSA) is 87.7 Å². The second-order valence-electron chi connectivity index (χ2n) is 10.5. The Balaban J connectivity index is 1.03. The van der Waals surface area contributed by atoms with Gasteiger partial charge >= 0.3 is 6.36 Å².